The van der Waals surface area contributed by atoms with Crippen molar-refractivity contribution in [1.82, 2.24) is 10.2 Å². The third kappa shape index (κ3) is 3.79. The van der Waals surface area contributed by atoms with Crippen molar-refractivity contribution in [1.29, 1.82) is 0 Å². The number of aromatic nitrogens is 2. The van der Waals surface area contributed by atoms with Gasteiger partial charge in [0.15, 0.2) is 4.34 Å². The average molecular weight is 246 g/mol. The summed E-state index contributed by atoms with van der Waals surface area (Å²) in [6.45, 7) is 5.82. The van der Waals surface area contributed by atoms with Crippen molar-refractivity contribution in [2.45, 2.75) is 31.0 Å². The van der Waals surface area contributed by atoms with Crippen LogP contribution in [0.2, 0.25) is 0 Å². The van der Waals surface area contributed by atoms with Crippen LogP contribution in [0.15, 0.2) is 4.34 Å². The van der Waals surface area contributed by atoms with Crippen LogP contribution in [0.4, 0.5) is 0 Å². The molecule has 0 spiro atoms. The highest BCUT2D eigenvalue weighted by Gasteiger charge is 2.13. The normalized spacial score (nSPS) is 13.1. The summed E-state index contributed by atoms with van der Waals surface area (Å²) in [6.07, 6.45) is 0. The highest BCUT2D eigenvalue weighted by molar-refractivity contribution is 8.01. The molecule has 0 aliphatic carbocycles. The number of aliphatic carboxylic acids is 1. The van der Waals surface area contributed by atoms with E-state index in [9.17, 15) is 4.79 Å². The van der Waals surface area contributed by atoms with E-state index in [1.54, 1.807) is 18.3 Å². The Morgan fingerprint density at radius 2 is 2.13 bits per heavy atom. The summed E-state index contributed by atoms with van der Waals surface area (Å²) < 4.78 is 0.854. The van der Waals surface area contributed by atoms with Gasteiger partial charge in [0, 0.05) is 11.7 Å². The van der Waals surface area contributed by atoms with Crippen molar-refractivity contribution in [3.8, 4) is 0 Å². The summed E-state index contributed by atoms with van der Waals surface area (Å²) in [6, 6.07) is 0. The predicted molar refractivity (Wildman–Crippen MR) is 61.5 cm³/mol. The van der Waals surface area contributed by atoms with E-state index < -0.39 is 5.97 Å². The van der Waals surface area contributed by atoms with E-state index in [-0.39, 0.29) is 5.92 Å². The van der Waals surface area contributed by atoms with Crippen molar-refractivity contribution in [3.63, 3.8) is 0 Å². The lowest BCUT2D eigenvalue weighted by atomic mass is 10.2. The molecule has 0 radical (unpaired) electrons. The minimum Gasteiger partial charge on any atom is -0.481 e. The number of thioether (sulfide) groups is 1. The number of carboxylic acid groups (broad SMARTS) is 1. The summed E-state index contributed by atoms with van der Waals surface area (Å²) in [5, 5.41) is 17.8. The zero-order chi connectivity index (χ0) is 11.4. The van der Waals surface area contributed by atoms with Crippen molar-refractivity contribution in [3.05, 3.63) is 5.01 Å². The molecule has 0 amide bonds. The molecule has 0 fully saturated rings. The lowest BCUT2D eigenvalue weighted by molar-refractivity contribution is -0.140. The topological polar surface area (TPSA) is 63.1 Å². The van der Waals surface area contributed by atoms with E-state index in [4.69, 9.17) is 5.11 Å². The third-order valence-electron chi connectivity index (χ3n) is 1.79. The van der Waals surface area contributed by atoms with Crippen molar-refractivity contribution < 1.29 is 9.90 Å². The van der Waals surface area contributed by atoms with E-state index >= 15 is 0 Å². The Balaban J connectivity index is 2.47. The Labute approximate surface area is 97.1 Å². The molecule has 84 valence electrons. The number of rotatable bonds is 5. The second kappa shape index (κ2) is 5.46. The first-order valence-corrected chi connectivity index (χ1v) is 6.50. The van der Waals surface area contributed by atoms with Gasteiger partial charge in [0.1, 0.15) is 5.01 Å². The Bertz CT molecular complexity index is 339. The number of hydrogen-bond acceptors (Lipinski definition) is 5. The standard InChI is InChI=1S/C9H14N2O2S2/c1-5(2)7-10-11-9(15-7)14-4-6(3)8(12)13/h5-6H,4H2,1-3H3,(H,12,13). The molecule has 1 aromatic rings. The molecule has 6 heteroatoms. The van der Waals surface area contributed by atoms with E-state index in [0.29, 0.717) is 11.7 Å². The van der Waals surface area contributed by atoms with Crippen LogP contribution in [-0.2, 0) is 4.79 Å². The molecule has 1 rings (SSSR count). The fraction of sp³-hybridized carbons (Fsp3) is 0.667. The van der Waals surface area contributed by atoms with Crippen LogP contribution in [0, 0.1) is 5.92 Å². The van der Waals surface area contributed by atoms with Crippen LogP contribution in [0.3, 0.4) is 0 Å². The molecule has 1 aromatic heterocycles. The van der Waals surface area contributed by atoms with Crippen LogP contribution in [0.5, 0.6) is 0 Å². The van der Waals surface area contributed by atoms with Crippen molar-refractivity contribution in [2.75, 3.05) is 5.75 Å². The summed E-state index contributed by atoms with van der Waals surface area (Å²) in [7, 11) is 0. The number of nitrogens with zero attached hydrogens (tertiary/aromatic N) is 2. The van der Waals surface area contributed by atoms with Gasteiger partial charge >= 0.3 is 5.97 Å². The number of carbonyl (C=O) groups is 1. The van der Waals surface area contributed by atoms with Gasteiger partial charge in [-0.05, 0) is 0 Å². The predicted octanol–water partition coefficient (Wildman–Crippen LogP) is 2.47. The number of hydrogen-bond donors (Lipinski definition) is 1. The first-order valence-electron chi connectivity index (χ1n) is 4.69. The highest BCUT2D eigenvalue weighted by atomic mass is 32.2. The maximum Gasteiger partial charge on any atom is 0.307 e. The van der Waals surface area contributed by atoms with E-state index in [2.05, 4.69) is 24.0 Å². The lowest BCUT2D eigenvalue weighted by Crippen LogP contribution is -2.11. The van der Waals surface area contributed by atoms with Crippen LogP contribution >= 0.6 is 23.1 Å². The summed E-state index contributed by atoms with van der Waals surface area (Å²) in [4.78, 5) is 10.6. The summed E-state index contributed by atoms with van der Waals surface area (Å²) >= 11 is 3.00. The minimum absolute atomic E-state index is 0.346. The van der Waals surface area contributed by atoms with Gasteiger partial charge in [0.2, 0.25) is 0 Å². The highest BCUT2D eigenvalue weighted by Crippen LogP contribution is 2.27. The monoisotopic (exact) mass is 246 g/mol. The molecule has 0 bridgehead atoms. The largest absolute Gasteiger partial charge is 0.481 e. The molecular formula is C9H14N2O2S2. The Morgan fingerprint density at radius 3 is 2.60 bits per heavy atom. The fourth-order valence-corrected chi connectivity index (χ4v) is 2.69. The fourth-order valence-electron chi connectivity index (χ4n) is 0.780. The maximum atomic E-state index is 10.6. The molecule has 1 heterocycles. The van der Waals surface area contributed by atoms with Crippen LogP contribution < -0.4 is 0 Å². The maximum absolute atomic E-state index is 10.6. The van der Waals surface area contributed by atoms with Gasteiger partial charge in [-0.15, -0.1) is 10.2 Å². The molecule has 0 aliphatic rings. The Morgan fingerprint density at radius 1 is 1.47 bits per heavy atom. The van der Waals surface area contributed by atoms with Gasteiger partial charge in [-0.3, -0.25) is 4.79 Å². The Kier molecular flexibility index (Phi) is 4.53. The molecule has 15 heavy (non-hydrogen) atoms. The average Bonchev–Trinajstić information content (AvgIpc) is 2.62. The van der Waals surface area contributed by atoms with Gasteiger partial charge in [-0.2, -0.15) is 0 Å². The van der Waals surface area contributed by atoms with Gasteiger partial charge in [-0.25, -0.2) is 0 Å². The Hall–Kier alpha value is -0.620. The molecule has 0 saturated carbocycles. The first kappa shape index (κ1) is 12.4. The summed E-state index contributed by atoms with van der Waals surface area (Å²) in [5.41, 5.74) is 0. The minimum atomic E-state index is -0.768. The smallest absolute Gasteiger partial charge is 0.307 e. The van der Waals surface area contributed by atoms with E-state index in [1.165, 1.54) is 11.8 Å². The quantitative estimate of drug-likeness (QED) is 0.809. The number of carboxylic acids is 1. The zero-order valence-electron chi connectivity index (χ0n) is 8.93. The molecule has 0 aliphatic heterocycles. The van der Waals surface area contributed by atoms with Crippen molar-refractivity contribution in [2.24, 2.45) is 5.92 Å². The van der Waals surface area contributed by atoms with E-state index in [0.717, 1.165) is 9.35 Å². The SMILES string of the molecule is CC(CSc1nnc(C(C)C)s1)C(=O)O. The van der Waals surface area contributed by atoms with E-state index in [1.807, 2.05) is 0 Å². The second-order valence-electron chi connectivity index (χ2n) is 3.61. The van der Waals surface area contributed by atoms with Gasteiger partial charge in [0.25, 0.3) is 0 Å². The second-order valence-corrected chi connectivity index (χ2v) is 5.89. The van der Waals surface area contributed by atoms with Crippen LogP contribution in [-0.4, -0.2) is 27.0 Å². The third-order valence-corrected chi connectivity index (χ3v) is 4.41. The molecule has 1 atom stereocenters. The van der Waals surface area contributed by atoms with Crippen LogP contribution in [0.25, 0.3) is 0 Å². The molecule has 4 nitrogen and oxygen atoms in total. The van der Waals surface area contributed by atoms with Gasteiger partial charge in [0.05, 0.1) is 5.92 Å². The van der Waals surface area contributed by atoms with Gasteiger partial charge < -0.3 is 5.11 Å². The molecule has 0 saturated heterocycles. The lowest BCUT2D eigenvalue weighted by Gasteiger charge is -2.01. The molecule has 1 N–H and O–H groups in total. The summed E-state index contributed by atoms with van der Waals surface area (Å²) in [5.74, 6) is -0.187. The van der Waals surface area contributed by atoms with Crippen molar-refractivity contribution >= 4 is 29.1 Å². The molecule has 1 unspecified atom stereocenters. The van der Waals surface area contributed by atoms with Crippen LogP contribution in [0.1, 0.15) is 31.7 Å². The zero-order valence-corrected chi connectivity index (χ0v) is 10.6. The first-order chi connectivity index (χ1) is 7.00. The molecular weight excluding hydrogens is 232 g/mol. The molecule has 0 aromatic carbocycles. The van der Waals surface area contributed by atoms with Gasteiger partial charge in [-0.1, -0.05) is 43.9 Å².